The van der Waals surface area contributed by atoms with Gasteiger partial charge in [-0.05, 0) is 42.8 Å². The average Bonchev–Trinajstić information content (AvgIpc) is 2.39. The third-order valence-electron chi connectivity index (χ3n) is 3.54. The molecule has 0 bridgehead atoms. The topological polar surface area (TPSA) is 32.3 Å². The van der Waals surface area contributed by atoms with Gasteiger partial charge in [-0.25, -0.2) is 0 Å². The molecule has 2 N–H and O–H groups in total. The summed E-state index contributed by atoms with van der Waals surface area (Å²) in [5.74, 6) is 0. The van der Waals surface area contributed by atoms with Crippen LogP contribution < -0.4 is 5.32 Å². The molecule has 0 amide bonds. The standard InChI is InChI=1S/C17H23NO/c1-3-18-12-11-17(2,19)13-15-9-6-8-14-7-4-5-10-16(14)15/h4-10,18-19H,3,11-13H2,1-2H3. The van der Waals surface area contributed by atoms with E-state index >= 15 is 0 Å². The van der Waals surface area contributed by atoms with Gasteiger partial charge in [-0.3, -0.25) is 0 Å². The molecule has 0 heterocycles. The Morgan fingerprint density at radius 3 is 2.63 bits per heavy atom. The van der Waals surface area contributed by atoms with Gasteiger partial charge >= 0.3 is 0 Å². The lowest BCUT2D eigenvalue weighted by Crippen LogP contribution is -2.32. The molecule has 0 aliphatic rings. The van der Waals surface area contributed by atoms with Crippen LogP contribution in [0.3, 0.4) is 0 Å². The number of benzene rings is 2. The highest BCUT2D eigenvalue weighted by molar-refractivity contribution is 5.85. The molecule has 102 valence electrons. The second kappa shape index (κ2) is 6.18. The van der Waals surface area contributed by atoms with E-state index < -0.39 is 5.60 Å². The van der Waals surface area contributed by atoms with Gasteiger partial charge in [0.1, 0.15) is 0 Å². The van der Waals surface area contributed by atoms with Crippen molar-refractivity contribution in [1.29, 1.82) is 0 Å². The summed E-state index contributed by atoms with van der Waals surface area (Å²) >= 11 is 0. The summed E-state index contributed by atoms with van der Waals surface area (Å²) in [5.41, 5.74) is 0.561. The molecular weight excluding hydrogens is 234 g/mol. The van der Waals surface area contributed by atoms with Gasteiger partial charge in [0.05, 0.1) is 5.60 Å². The molecule has 2 heteroatoms. The zero-order chi connectivity index (χ0) is 13.7. The molecule has 0 fully saturated rings. The molecule has 0 spiro atoms. The number of fused-ring (bicyclic) bond motifs is 1. The fraction of sp³-hybridized carbons (Fsp3) is 0.412. The SMILES string of the molecule is CCNCCC(C)(O)Cc1cccc2ccccc12. The van der Waals surface area contributed by atoms with Crippen LogP contribution in [0.15, 0.2) is 42.5 Å². The normalized spacial score (nSPS) is 14.5. The fourth-order valence-electron chi connectivity index (χ4n) is 2.48. The van der Waals surface area contributed by atoms with Crippen molar-refractivity contribution in [1.82, 2.24) is 5.32 Å². The van der Waals surface area contributed by atoms with Crippen LogP contribution >= 0.6 is 0 Å². The number of hydrogen-bond acceptors (Lipinski definition) is 2. The van der Waals surface area contributed by atoms with E-state index in [-0.39, 0.29) is 0 Å². The van der Waals surface area contributed by atoms with Gasteiger partial charge < -0.3 is 10.4 Å². The van der Waals surface area contributed by atoms with Gasteiger partial charge in [0.2, 0.25) is 0 Å². The summed E-state index contributed by atoms with van der Waals surface area (Å²) in [6.07, 6.45) is 1.46. The van der Waals surface area contributed by atoms with Crippen molar-refractivity contribution in [2.24, 2.45) is 0 Å². The summed E-state index contributed by atoms with van der Waals surface area (Å²) in [6, 6.07) is 14.7. The van der Waals surface area contributed by atoms with Crippen LogP contribution in [0.2, 0.25) is 0 Å². The van der Waals surface area contributed by atoms with Gasteiger partial charge in [-0.1, -0.05) is 49.4 Å². The zero-order valence-electron chi connectivity index (χ0n) is 11.8. The highest BCUT2D eigenvalue weighted by Gasteiger charge is 2.21. The Morgan fingerprint density at radius 2 is 1.84 bits per heavy atom. The van der Waals surface area contributed by atoms with E-state index in [9.17, 15) is 5.11 Å². The van der Waals surface area contributed by atoms with Crippen LogP contribution in [0.25, 0.3) is 10.8 Å². The van der Waals surface area contributed by atoms with E-state index in [1.165, 1.54) is 16.3 Å². The Labute approximate surface area is 115 Å². The Balaban J connectivity index is 2.16. The maximum Gasteiger partial charge on any atom is 0.0672 e. The second-order valence-electron chi connectivity index (χ2n) is 5.42. The molecule has 1 unspecified atom stereocenters. The number of nitrogens with one attached hydrogen (secondary N) is 1. The molecule has 2 nitrogen and oxygen atoms in total. The third-order valence-corrected chi connectivity index (χ3v) is 3.54. The largest absolute Gasteiger partial charge is 0.390 e. The van der Waals surface area contributed by atoms with Crippen LogP contribution in [0.5, 0.6) is 0 Å². The monoisotopic (exact) mass is 257 g/mol. The smallest absolute Gasteiger partial charge is 0.0672 e. The van der Waals surface area contributed by atoms with Gasteiger partial charge in [-0.2, -0.15) is 0 Å². The summed E-state index contributed by atoms with van der Waals surface area (Å²) in [7, 11) is 0. The van der Waals surface area contributed by atoms with E-state index in [0.29, 0.717) is 6.42 Å². The minimum absolute atomic E-state index is 0.660. The first-order valence-corrected chi connectivity index (χ1v) is 7.02. The third kappa shape index (κ3) is 3.79. The molecule has 1 atom stereocenters. The lowest BCUT2D eigenvalue weighted by atomic mass is 9.90. The van der Waals surface area contributed by atoms with Crippen molar-refractivity contribution >= 4 is 10.8 Å². The molecule has 0 radical (unpaired) electrons. The van der Waals surface area contributed by atoms with E-state index in [0.717, 1.165) is 19.5 Å². The molecule has 0 saturated heterocycles. The van der Waals surface area contributed by atoms with Crippen molar-refractivity contribution in [2.75, 3.05) is 13.1 Å². The van der Waals surface area contributed by atoms with Gasteiger partial charge in [0.15, 0.2) is 0 Å². The lowest BCUT2D eigenvalue weighted by molar-refractivity contribution is 0.0520. The molecular formula is C17H23NO. The highest BCUT2D eigenvalue weighted by atomic mass is 16.3. The molecule has 0 saturated carbocycles. The predicted molar refractivity (Wildman–Crippen MR) is 81.4 cm³/mol. The zero-order valence-corrected chi connectivity index (χ0v) is 11.8. The van der Waals surface area contributed by atoms with Crippen molar-refractivity contribution < 1.29 is 5.11 Å². The molecule has 2 aromatic carbocycles. The number of aliphatic hydroxyl groups is 1. The van der Waals surface area contributed by atoms with E-state index in [2.05, 4.69) is 54.7 Å². The first-order chi connectivity index (χ1) is 9.12. The van der Waals surface area contributed by atoms with Gasteiger partial charge in [0.25, 0.3) is 0 Å². The van der Waals surface area contributed by atoms with Crippen LogP contribution in [0.4, 0.5) is 0 Å². The molecule has 2 rings (SSSR count). The minimum Gasteiger partial charge on any atom is -0.390 e. The molecule has 0 aliphatic carbocycles. The van der Waals surface area contributed by atoms with Crippen LogP contribution in [0, 0.1) is 0 Å². The molecule has 19 heavy (non-hydrogen) atoms. The maximum absolute atomic E-state index is 10.5. The minimum atomic E-state index is -0.660. The van der Waals surface area contributed by atoms with Crippen molar-refractivity contribution in [3.8, 4) is 0 Å². The van der Waals surface area contributed by atoms with Crippen LogP contribution in [-0.4, -0.2) is 23.8 Å². The first kappa shape index (κ1) is 14.0. The highest BCUT2D eigenvalue weighted by Crippen LogP contribution is 2.24. The maximum atomic E-state index is 10.5. The summed E-state index contributed by atoms with van der Waals surface area (Å²) < 4.78 is 0. The van der Waals surface area contributed by atoms with E-state index in [1.54, 1.807) is 0 Å². The quantitative estimate of drug-likeness (QED) is 0.779. The van der Waals surface area contributed by atoms with E-state index in [4.69, 9.17) is 0 Å². The van der Waals surface area contributed by atoms with Gasteiger partial charge in [0, 0.05) is 6.42 Å². The summed E-state index contributed by atoms with van der Waals surface area (Å²) in [4.78, 5) is 0. The van der Waals surface area contributed by atoms with Crippen molar-refractivity contribution in [3.63, 3.8) is 0 Å². The average molecular weight is 257 g/mol. The summed E-state index contributed by atoms with van der Waals surface area (Å²) in [5, 5.41) is 16.3. The molecule has 0 aromatic heterocycles. The Morgan fingerprint density at radius 1 is 1.11 bits per heavy atom. The number of rotatable bonds is 6. The first-order valence-electron chi connectivity index (χ1n) is 7.02. The van der Waals surface area contributed by atoms with E-state index in [1.807, 2.05) is 6.92 Å². The van der Waals surface area contributed by atoms with Crippen molar-refractivity contribution in [3.05, 3.63) is 48.0 Å². The number of hydrogen-bond donors (Lipinski definition) is 2. The second-order valence-corrected chi connectivity index (χ2v) is 5.42. The van der Waals surface area contributed by atoms with Crippen molar-refractivity contribution in [2.45, 2.75) is 32.3 Å². The predicted octanol–water partition coefficient (Wildman–Crippen LogP) is 3.13. The Bertz CT molecular complexity index is 528. The molecule has 2 aromatic rings. The Kier molecular flexibility index (Phi) is 4.56. The Hall–Kier alpha value is -1.38. The summed E-state index contributed by atoms with van der Waals surface area (Å²) in [6.45, 7) is 5.81. The van der Waals surface area contributed by atoms with Gasteiger partial charge in [-0.15, -0.1) is 0 Å². The van der Waals surface area contributed by atoms with Crippen LogP contribution in [0.1, 0.15) is 25.8 Å². The lowest BCUT2D eigenvalue weighted by Gasteiger charge is -2.24. The van der Waals surface area contributed by atoms with Crippen LogP contribution in [-0.2, 0) is 6.42 Å². The molecule has 0 aliphatic heterocycles. The fourth-order valence-corrected chi connectivity index (χ4v) is 2.48.